The third-order valence-electron chi connectivity index (χ3n) is 1.88. The van der Waals surface area contributed by atoms with Crippen molar-refractivity contribution in [2.24, 2.45) is 5.92 Å². The van der Waals surface area contributed by atoms with E-state index in [0.717, 1.165) is 6.42 Å². The van der Waals surface area contributed by atoms with Gasteiger partial charge >= 0.3 is 0 Å². The Bertz CT molecular complexity index is 172. The zero-order chi connectivity index (χ0) is 6.85. The van der Waals surface area contributed by atoms with E-state index in [1.165, 1.54) is 11.1 Å². The Labute approximate surface area is 56.6 Å². The summed E-state index contributed by atoms with van der Waals surface area (Å²) in [5.41, 5.74) is 2.48. The Balaban J connectivity index is 2.78. The van der Waals surface area contributed by atoms with Gasteiger partial charge in [0.2, 0.25) is 0 Å². The fraction of sp³-hybridized carbons (Fsp3) is 0.333. The van der Waals surface area contributed by atoms with Gasteiger partial charge in [0.25, 0.3) is 0 Å². The second-order valence-electron chi connectivity index (χ2n) is 2.53. The summed E-state index contributed by atoms with van der Waals surface area (Å²) in [4.78, 5) is 0. The molecule has 0 bridgehead atoms. The summed E-state index contributed by atoms with van der Waals surface area (Å²) in [6.45, 7) is 9.84. The van der Waals surface area contributed by atoms with Gasteiger partial charge in [-0.05, 0) is 23.5 Å². The topological polar surface area (TPSA) is 0 Å². The molecule has 0 aliphatic heterocycles. The van der Waals surface area contributed by atoms with Crippen LogP contribution in [0.4, 0.5) is 0 Å². The predicted octanol–water partition coefficient (Wildman–Crippen LogP) is 2.69. The highest BCUT2D eigenvalue weighted by Gasteiger charge is 2.13. The maximum atomic E-state index is 3.95. The van der Waals surface area contributed by atoms with Gasteiger partial charge in [-0.2, -0.15) is 0 Å². The third kappa shape index (κ3) is 0.973. The monoisotopic (exact) mass is 120 g/mol. The SMILES string of the molecule is C=CC1=CCC(C)C1=C. The number of hydrogen-bond donors (Lipinski definition) is 0. The van der Waals surface area contributed by atoms with Gasteiger partial charge < -0.3 is 0 Å². The maximum Gasteiger partial charge on any atom is -0.0156 e. The second kappa shape index (κ2) is 2.22. The Morgan fingerprint density at radius 1 is 1.78 bits per heavy atom. The predicted molar refractivity (Wildman–Crippen MR) is 41.2 cm³/mol. The molecule has 0 fully saturated rings. The van der Waals surface area contributed by atoms with Crippen molar-refractivity contribution in [3.63, 3.8) is 0 Å². The molecule has 0 radical (unpaired) electrons. The standard InChI is InChI=1S/C9H12/c1-4-9-6-5-7(2)8(9)3/h4,6-7H,1,3,5H2,2H3. The van der Waals surface area contributed by atoms with Crippen molar-refractivity contribution in [3.8, 4) is 0 Å². The van der Waals surface area contributed by atoms with Crippen LogP contribution in [0.5, 0.6) is 0 Å². The molecule has 0 saturated carbocycles. The van der Waals surface area contributed by atoms with E-state index < -0.39 is 0 Å². The molecule has 0 aromatic rings. The molecule has 1 aliphatic rings. The van der Waals surface area contributed by atoms with Gasteiger partial charge in [-0.1, -0.05) is 32.2 Å². The van der Waals surface area contributed by atoms with Crippen LogP contribution in [0, 0.1) is 5.92 Å². The molecule has 1 rings (SSSR count). The fourth-order valence-corrected chi connectivity index (χ4v) is 1.08. The van der Waals surface area contributed by atoms with Crippen LogP contribution in [0.2, 0.25) is 0 Å². The van der Waals surface area contributed by atoms with Gasteiger partial charge in [0.05, 0.1) is 0 Å². The summed E-state index contributed by atoms with van der Waals surface area (Å²) in [6.07, 6.45) is 5.21. The van der Waals surface area contributed by atoms with Gasteiger partial charge in [-0.15, -0.1) is 0 Å². The quantitative estimate of drug-likeness (QED) is 0.499. The van der Waals surface area contributed by atoms with Crippen LogP contribution in [-0.4, -0.2) is 0 Å². The summed E-state index contributed by atoms with van der Waals surface area (Å²) < 4.78 is 0. The molecule has 1 aliphatic carbocycles. The van der Waals surface area contributed by atoms with Crippen LogP contribution in [0.3, 0.4) is 0 Å². The molecule has 48 valence electrons. The van der Waals surface area contributed by atoms with E-state index in [1.54, 1.807) is 0 Å². The van der Waals surface area contributed by atoms with Crippen LogP contribution in [-0.2, 0) is 0 Å². The summed E-state index contributed by atoms with van der Waals surface area (Å²) in [7, 11) is 0. The van der Waals surface area contributed by atoms with E-state index in [1.807, 2.05) is 6.08 Å². The van der Waals surface area contributed by atoms with Crippen LogP contribution in [0.15, 0.2) is 36.5 Å². The summed E-state index contributed by atoms with van der Waals surface area (Å²) >= 11 is 0. The van der Waals surface area contributed by atoms with Crippen molar-refractivity contribution >= 4 is 0 Å². The number of allylic oxidation sites excluding steroid dienone is 4. The van der Waals surface area contributed by atoms with Crippen LogP contribution in [0.1, 0.15) is 13.3 Å². The van der Waals surface area contributed by atoms with E-state index in [4.69, 9.17) is 0 Å². The van der Waals surface area contributed by atoms with E-state index in [-0.39, 0.29) is 0 Å². The van der Waals surface area contributed by atoms with Gasteiger partial charge in [0, 0.05) is 0 Å². The van der Waals surface area contributed by atoms with Crippen molar-refractivity contribution in [2.75, 3.05) is 0 Å². The molecular formula is C9H12. The molecule has 0 aromatic carbocycles. The molecule has 0 saturated heterocycles. The van der Waals surface area contributed by atoms with E-state index in [2.05, 4.69) is 26.2 Å². The highest BCUT2D eigenvalue weighted by atomic mass is 14.2. The molecule has 0 heteroatoms. The molecule has 0 N–H and O–H groups in total. The van der Waals surface area contributed by atoms with E-state index in [9.17, 15) is 0 Å². The molecule has 0 amide bonds. The number of rotatable bonds is 1. The zero-order valence-corrected chi connectivity index (χ0v) is 5.85. The van der Waals surface area contributed by atoms with Gasteiger partial charge in [-0.3, -0.25) is 0 Å². The molecule has 0 heterocycles. The summed E-state index contributed by atoms with van der Waals surface area (Å²) in [6, 6.07) is 0. The highest BCUT2D eigenvalue weighted by Crippen LogP contribution is 2.29. The normalized spacial score (nSPS) is 26.1. The van der Waals surface area contributed by atoms with Gasteiger partial charge in [0.15, 0.2) is 0 Å². The zero-order valence-electron chi connectivity index (χ0n) is 5.85. The summed E-state index contributed by atoms with van der Waals surface area (Å²) in [5.74, 6) is 0.637. The second-order valence-corrected chi connectivity index (χ2v) is 2.53. The molecule has 0 spiro atoms. The van der Waals surface area contributed by atoms with E-state index >= 15 is 0 Å². The lowest BCUT2D eigenvalue weighted by molar-refractivity contribution is 0.743. The fourth-order valence-electron chi connectivity index (χ4n) is 1.08. The number of hydrogen-bond acceptors (Lipinski definition) is 0. The minimum absolute atomic E-state index is 0.637. The maximum absolute atomic E-state index is 3.95. The van der Waals surface area contributed by atoms with Crippen molar-refractivity contribution in [2.45, 2.75) is 13.3 Å². The minimum Gasteiger partial charge on any atom is -0.0985 e. The lowest BCUT2D eigenvalue weighted by atomic mass is 10.0. The molecular weight excluding hydrogens is 108 g/mol. The minimum atomic E-state index is 0.637. The first-order valence-corrected chi connectivity index (χ1v) is 3.27. The molecule has 0 nitrogen and oxygen atoms in total. The third-order valence-corrected chi connectivity index (χ3v) is 1.88. The molecule has 1 unspecified atom stereocenters. The molecule has 1 atom stereocenters. The first kappa shape index (κ1) is 6.34. The Hall–Kier alpha value is -0.780. The lowest BCUT2D eigenvalue weighted by Crippen LogP contribution is -1.88. The van der Waals surface area contributed by atoms with Crippen molar-refractivity contribution in [1.82, 2.24) is 0 Å². The Morgan fingerprint density at radius 3 is 2.67 bits per heavy atom. The van der Waals surface area contributed by atoms with Crippen molar-refractivity contribution in [3.05, 3.63) is 36.5 Å². The Kier molecular flexibility index (Phi) is 1.56. The first-order valence-electron chi connectivity index (χ1n) is 3.27. The lowest BCUT2D eigenvalue weighted by Gasteiger charge is -2.02. The van der Waals surface area contributed by atoms with Gasteiger partial charge in [-0.25, -0.2) is 0 Å². The molecule has 0 aromatic heterocycles. The largest absolute Gasteiger partial charge is 0.0985 e. The average molecular weight is 120 g/mol. The van der Waals surface area contributed by atoms with Gasteiger partial charge in [0.1, 0.15) is 0 Å². The van der Waals surface area contributed by atoms with Crippen LogP contribution in [0.25, 0.3) is 0 Å². The van der Waals surface area contributed by atoms with Crippen molar-refractivity contribution in [1.29, 1.82) is 0 Å². The first-order chi connectivity index (χ1) is 4.25. The highest BCUT2D eigenvalue weighted by molar-refractivity contribution is 5.42. The van der Waals surface area contributed by atoms with Crippen LogP contribution >= 0.6 is 0 Å². The molecule has 9 heavy (non-hydrogen) atoms. The van der Waals surface area contributed by atoms with Crippen molar-refractivity contribution < 1.29 is 0 Å². The Morgan fingerprint density at radius 2 is 2.44 bits per heavy atom. The van der Waals surface area contributed by atoms with Crippen LogP contribution < -0.4 is 0 Å². The summed E-state index contributed by atoms with van der Waals surface area (Å²) in [5, 5.41) is 0. The average Bonchev–Trinajstić information content (AvgIpc) is 2.15. The van der Waals surface area contributed by atoms with E-state index in [0.29, 0.717) is 5.92 Å². The smallest absolute Gasteiger partial charge is 0.0156 e.